The molecule has 27 heavy (non-hydrogen) atoms. The summed E-state index contributed by atoms with van der Waals surface area (Å²) in [4.78, 5) is 12.5. The number of hydrogen-bond acceptors (Lipinski definition) is 5. The molecule has 8 heteroatoms. The molecule has 0 spiro atoms. The van der Waals surface area contributed by atoms with Crippen LogP contribution >= 0.6 is 11.8 Å². The van der Waals surface area contributed by atoms with E-state index < -0.39 is 10.0 Å². The number of nitrogens with zero attached hydrogens (tertiary/aromatic N) is 1. The largest absolute Gasteiger partial charge is 0.492 e. The first-order valence-electron chi connectivity index (χ1n) is 9.60. The number of amides is 1. The second-order valence-electron chi connectivity index (χ2n) is 6.45. The van der Waals surface area contributed by atoms with Gasteiger partial charge in [-0.05, 0) is 38.0 Å². The van der Waals surface area contributed by atoms with E-state index >= 15 is 0 Å². The molecule has 0 bridgehead atoms. The summed E-state index contributed by atoms with van der Waals surface area (Å²) in [6, 6.07) is 4.64. The van der Waals surface area contributed by atoms with Gasteiger partial charge in [-0.1, -0.05) is 26.7 Å². The highest BCUT2D eigenvalue weighted by atomic mass is 32.2. The van der Waals surface area contributed by atoms with Gasteiger partial charge in [-0.3, -0.25) is 4.79 Å². The average molecular weight is 415 g/mol. The molecule has 1 aliphatic rings. The number of thioether (sulfide) groups is 1. The van der Waals surface area contributed by atoms with Crippen molar-refractivity contribution in [3.8, 4) is 5.75 Å². The Hall–Kier alpha value is -1.25. The summed E-state index contributed by atoms with van der Waals surface area (Å²) in [5.74, 6) is 0.712. The number of carbonyl (C=O) groups is 1. The monoisotopic (exact) mass is 414 g/mol. The lowest BCUT2D eigenvalue weighted by Gasteiger charge is -2.20. The van der Waals surface area contributed by atoms with Crippen LogP contribution in [-0.2, 0) is 14.8 Å². The van der Waals surface area contributed by atoms with Crippen molar-refractivity contribution in [1.29, 1.82) is 0 Å². The number of benzene rings is 1. The molecule has 152 valence electrons. The van der Waals surface area contributed by atoms with Crippen LogP contribution in [0.1, 0.15) is 46.5 Å². The highest BCUT2D eigenvalue weighted by Gasteiger charge is 2.23. The third-order valence-electron chi connectivity index (χ3n) is 4.62. The predicted octanol–water partition coefficient (Wildman–Crippen LogP) is 3.73. The standard InChI is InChI=1S/C19H30N2O4S2/c1-4-21(5-2)27(23,24)16-11-12-18(25-6-3)17(13-16)20-19(22)14-26-15-9-7-8-10-15/h11-13,15H,4-10,14H2,1-3H3,(H,20,22). The van der Waals surface area contributed by atoms with E-state index in [2.05, 4.69) is 5.32 Å². The van der Waals surface area contributed by atoms with Crippen LogP contribution in [-0.4, -0.2) is 49.3 Å². The van der Waals surface area contributed by atoms with Gasteiger partial charge in [0.05, 0.1) is 22.9 Å². The summed E-state index contributed by atoms with van der Waals surface area (Å²) in [7, 11) is -3.60. The molecule has 1 saturated carbocycles. The van der Waals surface area contributed by atoms with Crippen molar-refractivity contribution in [3.05, 3.63) is 18.2 Å². The molecule has 1 amide bonds. The maximum atomic E-state index is 12.8. The van der Waals surface area contributed by atoms with Crippen LogP contribution in [0.4, 0.5) is 5.69 Å². The first kappa shape index (κ1) is 22.0. The molecule has 1 fully saturated rings. The Labute approximate surface area is 167 Å². The summed E-state index contributed by atoms with van der Waals surface area (Å²) in [5.41, 5.74) is 0.405. The zero-order valence-corrected chi connectivity index (χ0v) is 18.0. The minimum Gasteiger partial charge on any atom is -0.492 e. The van der Waals surface area contributed by atoms with E-state index in [0.717, 1.165) is 0 Å². The molecule has 1 N–H and O–H groups in total. The SMILES string of the molecule is CCOc1ccc(S(=O)(=O)N(CC)CC)cc1NC(=O)CSC1CCCC1. The maximum Gasteiger partial charge on any atom is 0.243 e. The topological polar surface area (TPSA) is 75.7 Å². The number of ether oxygens (including phenoxy) is 1. The molecule has 0 aliphatic heterocycles. The van der Waals surface area contributed by atoms with E-state index in [0.29, 0.717) is 42.1 Å². The number of rotatable bonds is 10. The normalized spacial score (nSPS) is 15.3. The van der Waals surface area contributed by atoms with Crippen LogP contribution in [0.15, 0.2) is 23.1 Å². The predicted molar refractivity (Wildman–Crippen MR) is 111 cm³/mol. The van der Waals surface area contributed by atoms with Gasteiger partial charge < -0.3 is 10.1 Å². The first-order valence-corrected chi connectivity index (χ1v) is 12.1. The van der Waals surface area contributed by atoms with Crippen LogP contribution < -0.4 is 10.1 Å². The molecule has 0 heterocycles. The molecule has 0 atom stereocenters. The lowest BCUT2D eigenvalue weighted by atomic mass is 10.3. The number of nitrogens with one attached hydrogen (secondary N) is 1. The minimum atomic E-state index is -3.60. The maximum absolute atomic E-state index is 12.8. The van der Waals surface area contributed by atoms with Crippen LogP contribution in [0.2, 0.25) is 0 Å². The average Bonchev–Trinajstić information content (AvgIpc) is 3.16. The Balaban J connectivity index is 2.17. The van der Waals surface area contributed by atoms with Crippen molar-refractivity contribution < 1.29 is 17.9 Å². The highest BCUT2D eigenvalue weighted by molar-refractivity contribution is 8.00. The lowest BCUT2D eigenvalue weighted by Crippen LogP contribution is -2.30. The Bertz CT molecular complexity index is 727. The smallest absolute Gasteiger partial charge is 0.243 e. The van der Waals surface area contributed by atoms with E-state index in [1.807, 2.05) is 6.92 Å². The van der Waals surface area contributed by atoms with Crippen molar-refractivity contribution in [3.63, 3.8) is 0 Å². The third-order valence-corrected chi connectivity index (χ3v) is 8.04. The first-order chi connectivity index (χ1) is 12.9. The van der Waals surface area contributed by atoms with Gasteiger partial charge in [0, 0.05) is 18.3 Å². The number of anilines is 1. The second-order valence-corrected chi connectivity index (χ2v) is 9.67. The zero-order chi connectivity index (χ0) is 19.9. The molecular weight excluding hydrogens is 384 g/mol. The summed E-state index contributed by atoms with van der Waals surface area (Å²) < 4.78 is 32.5. The zero-order valence-electron chi connectivity index (χ0n) is 16.4. The Morgan fingerprint density at radius 1 is 1.22 bits per heavy atom. The van der Waals surface area contributed by atoms with Crippen LogP contribution in [0, 0.1) is 0 Å². The van der Waals surface area contributed by atoms with E-state index in [1.54, 1.807) is 31.7 Å². The molecule has 6 nitrogen and oxygen atoms in total. The Morgan fingerprint density at radius 2 is 1.89 bits per heavy atom. The summed E-state index contributed by atoms with van der Waals surface area (Å²) >= 11 is 1.67. The molecule has 1 aromatic rings. The van der Waals surface area contributed by atoms with Crippen LogP contribution in [0.25, 0.3) is 0 Å². The number of carbonyl (C=O) groups excluding carboxylic acids is 1. The molecular formula is C19H30N2O4S2. The van der Waals surface area contributed by atoms with Crippen molar-refractivity contribution >= 4 is 33.4 Å². The molecule has 0 radical (unpaired) electrons. The summed E-state index contributed by atoms with van der Waals surface area (Å²) in [5, 5.41) is 3.39. The molecule has 0 unspecified atom stereocenters. The van der Waals surface area contributed by atoms with E-state index in [1.165, 1.54) is 42.1 Å². The number of hydrogen-bond donors (Lipinski definition) is 1. The van der Waals surface area contributed by atoms with Gasteiger partial charge in [-0.15, -0.1) is 11.8 Å². The summed E-state index contributed by atoms with van der Waals surface area (Å²) in [6.45, 7) is 6.68. The fraction of sp³-hybridized carbons (Fsp3) is 0.632. The van der Waals surface area contributed by atoms with E-state index in [4.69, 9.17) is 4.74 Å². The van der Waals surface area contributed by atoms with Crippen molar-refractivity contribution in [2.45, 2.75) is 56.6 Å². The quantitative estimate of drug-likeness (QED) is 0.631. The lowest BCUT2D eigenvalue weighted by molar-refractivity contribution is -0.113. The second kappa shape index (κ2) is 10.3. The molecule has 2 rings (SSSR count). The van der Waals surface area contributed by atoms with Gasteiger partial charge in [0.25, 0.3) is 0 Å². The Morgan fingerprint density at radius 3 is 2.48 bits per heavy atom. The molecule has 0 aromatic heterocycles. The van der Waals surface area contributed by atoms with E-state index in [-0.39, 0.29) is 10.8 Å². The number of sulfonamides is 1. The molecule has 1 aromatic carbocycles. The Kier molecular flexibility index (Phi) is 8.44. The van der Waals surface area contributed by atoms with Crippen molar-refractivity contribution in [2.24, 2.45) is 0 Å². The van der Waals surface area contributed by atoms with Gasteiger partial charge >= 0.3 is 0 Å². The van der Waals surface area contributed by atoms with Crippen molar-refractivity contribution in [2.75, 3.05) is 30.8 Å². The van der Waals surface area contributed by atoms with Gasteiger partial charge in [-0.2, -0.15) is 4.31 Å². The van der Waals surface area contributed by atoms with Gasteiger partial charge in [0.1, 0.15) is 5.75 Å². The fourth-order valence-electron chi connectivity index (χ4n) is 3.20. The molecule has 1 aliphatic carbocycles. The van der Waals surface area contributed by atoms with Crippen LogP contribution in [0.3, 0.4) is 0 Å². The van der Waals surface area contributed by atoms with Gasteiger partial charge in [0.2, 0.25) is 15.9 Å². The fourth-order valence-corrected chi connectivity index (χ4v) is 5.81. The summed E-state index contributed by atoms with van der Waals surface area (Å²) in [6.07, 6.45) is 4.80. The third kappa shape index (κ3) is 5.86. The molecule has 0 saturated heterocycles. The minimum absolute atomic E-state index is 0.134. The van der Waals surface area contributed by atoms with Crippen LogP contribution in [0.5, 0.6) is 5.75 Å². The van der Waals surface area contributed by atoms with Crippen molar-refractivity contribution in [1.82, 2.24) is 4.31 Å². The highest BCUT2D eigenvalue weighted by Crippen LogP contribution is 2.31. The van der Waals surface area contributed by atoms with Gasteiger partial charge in [0.15, 0.2) is 0 Å². The van der Waals surface area contributed by atoms with Gasteiger partial charge in [-0.25, -0.2) is 8.42 Å². The van der Waals surface area contributed by atoms with E-state index in [9.17, 15) is 13.2 Å².